The summed E-state index contributed by atoms with van der Waals surface area (Å²) in [6.07, 6.45) is 3.19. The van der Waals surface area contributed by atoms with Gasteiger partial charge in [-0.05, 0) is 30.0 Å². The molecule has 0 bridgehead atoms. The van der Waals surface area contributed by atoms with Crippen LogP contribution < -0.4 is 4.90 Å². The second-order valence-corrected chi connectivity index (χ2v) is 5.39. The van der Waals surface area contributed by atoms with Crippen LogP contribution in [0.3, 0.4) is 0 Å². The Bertz CT molecular complexity index is 528. The number of benzene rings is 1. The predicted molar refractivity (Wildman–Crippen MR) is 78.2 cm³/mol. The molecule has 1 atom stereocenters. The van der Waals surface area contributed by atoms with Crippen molar-refractivity contribution >= 4 is 12.0 Å². The number of hydrogen-bond donors (Lipinski definition) is 0. The van der Waals surface area contributed by atoms with Gasteiger partial charge in [-0.25, -0.2) is 0 Å². The highest BCUT2D eigenvalue weighted by Crippen LogP contribution is 2.32. The molecular formula is C15H20N2O3. The van der Waals surface area contributed by atoms with Crippen molar-refractivity contribution in [2.24, 2.45) is 0 Å². The fourth-order valence-corrected chi connectivity index (χ4v) is 2.85. The minimum atomic E-state index is -0.624. The van der Waals surface area contributed by atoms with Gasteiger partial charge in [0, 0.05) is 36.9 Å². The van der Waals surface area contributed by atoms with E-state index >= 15 is 0 Å². The van der Waals surface area contributed by atoms with Crippen LogP contribution in [0, 0.1) is 10.1 Å². The summed E-state index contributed by atoms with van der Waals surface area (Å²) in [6.45, 7) is 5.58. The summed E-state index contributed by atoms with van der Waals surface area (Å²) in [6, 6.07) is 3.21. The number of rotatable bonds is 6. The fourth-order valence-electron chi connectivity index (χ4n) is 2.85. The van der Waals surface area contributed by atoms with E-state index in [1.54, 1.807) is 13.0 Å². The van der Waals surface area contributed by atoms with Crippen LogP contribution in [0.5, 0.6) is 0 Å². The van der Waals surface area contributed by atoms with Gasteiger partial charge in [0.25, 0.3) is 0 Å². The number of aldehydes is 1. The molecule has 1 aliphatic rings. The number of fused-ring (bicyclic) bond motifs is 1. The number of carbonyl (C=O) groups is 1. The molecule has 1 aromatic carbocycles. The summed E-state index contributed by atoms with van der Waals surface area (Å²) in [4.78, 5) is 24.0. The molecule has 0 aliphatic carbocycles. The first-order valence-electron chi connectivity index (χ1n) is 7.06. The molecule has 5 nitrogen and oxygen atoms in total. The summed E-state index contributed by atoms with van der Waals surface area (Å²) < 4.78 is 0. The average molecular weight is 276 g/mol. The number of carbonyl (C=O) groups excluding carboxylic acids is 1. The molecule has 0 fully saturated rings. The van der Waals surface area contributed by atoms with Crippen LogP contribution in [0.1, 0.15) is 41.8 Å². The SMILES string of the molecule is CCCN1CCc2cc(CC(C)[N+](=O)[O-])cc(C=O)c21. The number of nitrogens with zero attached hydrogens (tertiary/aromatic N) is 2. The lowest BCUT2D eigenvalue weighted by Gasteiger charge is -2.20. The van der Waals surface area contributed by atoms with Crippen molar-refractivity contribution in [3.8, 4) is 0 Å². The van der Waals surface area contributed by atoms with E-state index in [0.29, 0.717) is 12.0 Å². The van der Waals surface area contributed by atoms with E-state index in [4.69, 9.17) is 0 Å². The van der Waals surface area contributed by atoms with Gasteiger partial charge in [-0.1, -0.05) is 13.0 Å². The lowest BCUT2D eigenvalue weighted by Crippen LogP contribution is -2.22. The molecule has 108 valence electrons. The maximum atomic E-state index is 11.3. The Morgan fingerprint density at radius 2 is 2.25 bits per heavy atom. The standard InChI is InChI=1S/C15H20N2O3/c1-3-5-16-6-4-13-8-12(7-11(2)17(19)20)9-14(10-18)15(13)16/h8-11H,3-7H2,1-2H3. The lowest BCUT2D eigenvalue weighted by molar-refractivity contribution is -0.517. The normalized spacial score (nSPS) is 15.0. The van der Waals surface area contributed by atoms with Crippen LogP contribution in [0.15, 0.2) is 12.1 Å². The third-order valence-electron chi connectivity index (χ3n) is 3.76. The summed E-state index contributed by atoms with van der Waals surface area (Å²) in [5.41, 5.74) is 3.72. The maximum absolute atomic E-state index is 11.3. The Morgan fingerprint density at radius 3 is 2.85 bits per heavy atom. The lowest BCUT2D eigenvalue weighted by atomic mass is 9.99. The minimum Gasteiger partial charge on any atom is -0.370 e. The van der Waals surface area contributed by atoms with E-state index in [-0.39, 0.29) is 4.92 Å². The Kier molecular flexibility index (Phi) is 4.37. The first-order valence-corrected chi connectivity index (χ1v) is 7.06. The molecule has 0 amide bonds. The first-order chi connectivity index (χ1) is 9.56. The molecular weight excluding hydrogens is 256 g/mol. The Morgan fingerprint density at radius 1 is 1.50 bits per heavy atom. The number of hydrogen-bond acceptors (Lipinski definition) is 4. The highest BCUT2D eigenvalue weighted by atomic mass is 16.6. The van der Waals surface area contributed by atoms with Gasteiger partial charge in [-0.15, -0.1) is 0 Å². The van der Waals surface area contributed by atoms with Crippen LogP contribution in [-0.4, -0.2) is 30.3 Å². The third kappa shape index (κ3) is 2.81. The molecule has 1 unspecified atom stereocenters. The minimum absolute atomic E-state index is 0.281. The van der Waals surface area contributed by atoms with E-state index in [1.807, 2.05) is 6.07 Å². The van der Waals surface area contributed by atoms with E-state index in [1.165, 1.54) is 0 Å². The molecule has 0 aromatic heterocycles. The van der Waals surface area contributed by atoms with Crippen LogP contribution in [0.2, 0.25) is 0 Å². The summed E-state index contributed by atoms with van der Waals surface area (Å²) in [5.74, 6) is 0. The molecule has 5 heteroatoms. The van der Waals surface area contributed by atoms with Crippen molar-refractivity contribution in [3.05, 3.63) is 38.9 Å². The Labute approximate surface area is 118 Å². The summed E-state index contributed by atoms with van der Waals surface area (Å²) in [5, 5.41) is 10.8. The second kappa shape index (κ2) is 6.03. The van der Waals surface area contributed by atoms with Crippen molar-refractivity contribution in [2.45, 2.75) is 39.2 Å². The highest BCUT2D eigenvalue weighted by molar-refractivity contribution is 5.87. The van der Waals surface area contributed by atoms with Crippen LogP contribution in [0.25, 0.3) is 0 Å². The summed E-state index contributed by atoms with van der Waals surface area (Å²) >= 11 is 0. The molecule has 1 heterocycles. The Balaban J connectivity index is 2.32. The van der Waals surface area contributed by atoms with Gasteiger partial charge in [-0.3, -0.25) is 14.9 Å². The number of anilines is 1. The first kappa shape index (κ1) is 14.5. The molecule has 0 spiro atoms. The highest BCUT2D eigenvalue weighted by Gasteiger charge is 2.24. The molecule has 2 rings (SSSR count). The largest absolute Gasteiger partial charge is 0.370 e. The van der Waals surface area contributed by atoms with Gasteiger partial charge in [0.2, 0.25) is 6.04 Å². The molecule has 1 aliphatic heterocycles. The zero-order valence-corrected chi connectivity index (χ0v) is 12.0. The predicted octanol–water partition coefficient (Wildman–Crippen LogP) is 2.48. The van der Waals surface area contributed by atoms with Crippen molar-refractivity contribution < 1.29 is 9.72 Å². The van der Waals surface area contributed by atoms with Crippen LogP contribution in [0.4, 0.5) is 5.69 Å². The Hall–Kier alpha value is -1.91. The molecule has 1 aromatic rings. The van der Waals surface area contributed by atoms with Crippen molar-refractivity contribution in [2.75, 3.05) is 18.0 Å². The van der Waals surface area contributed by atoms with Crippen LogP contribution >= 0.6 is 0 Å². The van der Waals surface area contributed by atoms with E-state index in [9.17, 15) is 14.9 Å². The smallest absolute Gasteiger partial charge is 0.214 e. The third-order valence-corrected chi connectivity index (χ3v) is 3.76. The zero-order valence-electron chi connectivity index (χ0n) is 12.0. The quantitative estimate of drug-likeness (QED) is 0.455. The second-order valence-electron chi connectivity index (χ2n) is 5.39. The van der Waals surface area contributed by atoms with E-state index < -0.39 is 6.04 Å². The average Bonchev–Trinajstić information content (AvgIpc) is 2.81. The van der Waals surface area contributed by atoms with Crippen LogP contribution in [-0.2, 0) is 12.8 Å². The van der Waals surface area contributed by atoms with E-state index in [0.717, 1.165) is 49.0 Å². The van der Waals surface area contributed by atoms with Gasteiger partial charge in [0.05, 0.1) is 5.69 Å². The van der Waals surface area contributed by atoms with Gasteiger partial charge < -0.3 is 4.90 Å². The fraction of sp³-hybridized carbons (Fsp3) is 0.533. The number of nitro groups is 1. The monoisotopic (exact) mass is 276 g/mol. The molecule has 0 radical (unpaired) electrons. The van der Waals surface area contributed by atoms with Gasteiger partial charge in [-0.2, -0.15) is 0 Å². The van der Waals surface area contributed by atoms with Gasteiger partial charge in [0.15, 0.2) is 6.29 Å². The summed E-state index contributed by atoms with van der Waals surface area (Å²) in [7, 11) is 0. The van der Waals surface area contributed by atoms with Gasteiger partial charge in [0.1, 0.15) is 0 Å². The van der Waals surface area contributed by atoms with Crippen molar-refractivity contribution in [1.82, 2.24) is 0 Å². The van der Waals surface area contributed by atoms with Crippen molar-refractivity contribution in [3.63, 3.8) is 0 Å². The molecule has 0 N–H and O–H groups in total. The molecule has 0 saturated carbocycles. The molecule has 0 saturated heterocycles. The zero-order chi connectivity index (χ0) is 14.7. The van der Waals surface area contributed by atoms with E-state index in [2.05, 4.69) is 11.8 Å². The maximum Gasteiger partial charge on any atom is 0.214 e. The topological polar surface area (TPSA) is 63.4 Å². The molecule has 20 heavy (non-hydrogen) atoms. The van der Waals surface area contributed by atoms with Crippen molar-refractivity contribution in [1.29, 1.82) is 0 Å². The van der Waals surface area contributed by atoms with Gasteiger partial charge >= 0.3 is 0 Å².